The Morgan fingerprint density at radius 3 is 2.71 bits per heavy atom. The summed E-state index contributed by atoms with van der Waals surface area (Å²) in [5, 5.41) is 7.30. The lowest BCUT2D eigenvalue weighted by Crippen LogP contribution is -2.23. The van der Waals surface area contributed by atoms with Crippen molar-refractivity contribution in [2.75, 3.05) is 10.6 Å². The summed E-state index contributed by atoms with van der Waals surface area (Å²) in [6.07, 6.45) is 0.718. The molecule has 0 aromatic carbocycles. The van der Waals surface area contributed by atoms with Gasteiger partial charge >= 0.3 is 0 Å². The summed E-state index contributed by atoms with van der Waals surface area (Å²) in [4.78, 5) is 11.5. The van der Waals surface area contributed by atoms with Crippen molar-refractivity contribution in [3.8, 4) is 0 Å². The van der Waals surface area contributed by atoms with E-state index in [0.717, 1.165) is 17.5 Å². The molecule has 1 aromatic rings. The fraction of sp³-hybridized carbons (Fsp3) is 0.636. The molecule has 0 saturated heterocycles. The van der Waals surface area contributed by atoms with Crippen LogP contribution >= 0.6 is 31.9 Å². The minimum Gasteiger partial charge on any atom is -0.359 e. The van der Waals surface area contributed by atoms with Crippen molar-refractivity contribution in [1.29, 1.82) is 0 Å². The molecule has 0 radical (unpaired) electrons. The van der Waals surface area contributed by atoms with Crippen molar-refractivity contribution < 1.29 is 9.32 Å². The zero-order chi connectivity index (χ0) is 13.1. The van der Waals surface area contributed by atoms with Crippen molar-refractivity contribution >= 4 is 43.6 Å². The molecule has 1 heterocycles. The molecule has 1 rings (SSSR count). The summed E-state index contributed by atoms with van der Waals surface area (Å²) in [6.45, 7) is 6.08. The van der Waals surface area contributed by atoms with Crippen LogP contribution in [0.3, 0.4) is 0 Å². The molecule has 1 unspecified atom stereocenters. The van der Waals surface area contributed by atoms with Crippen LogP contribution in [-0.2, 0) is 10.2 Å². The van der Waals surface area contributed by atoms with Crippen molar-refractivity contribution in [2.45, 2.75) is 37.4 Å². The lowest BCUT2D eigenvalue weighted by molar-refractivity contribution is -0.115. The molecule has 0 saturated carbocycles. The first-order valence-electron chi connectivity index (χ1n) is 5.32. The molecule has 0 fully saturated rings. The molecule has 17 heavy (non-hydrogen) atoms. The van der Waals surface area contributed by atoms with E-state index in [4.69, 9.17) is 4.52 Å². The number of aromatic nitrogens is 1. The highest BCUT2D eigenvalue weighted by Gasteiger charge is 2.21. The molecule has 1 aromatic heterocycles. The van der Waals surface area contributed by atoms with Crippen LogP contribution in [0.15, 0.2) is 10.6 Å². The quantitative estimate of drug-likeness (QED) is 0.829. The largest absolute Gasteiger partial charge is 0.359 e. The molecule has 0 aliphatic carbocycles. The van der Waals surface area contributed by atoms with Crippen molar-refractivity contribution in [1.82, 2.24) is 5.16 Å². The molecule has 1 amide bonds. The molecule has 0 bridgehead atoms. The van der Waals surface area contributed by atoms with Gasteiger partial charge in [-0.05, 0) is 6.42 Å². The minimum absolute atomic E-state index is 0.111. The Balaban J connectivity index is 2.64. The van der Waals surface area contributed by atoms with Gasteiger partial charge in [0.15, 0.2) is 5.82 Å². The Morgan fingerprint density at radius 2 is 2.24 bits per heavy atom. The second-order valence-corrected chi connectivity index (χ2v) is 6.66. The Hall–Kier alpha value is -0.360. The van der Waals surface area contributed by atoms with E-state index < -0.39 is 0 Å². The van der Waals surface area contributed by atoms with Crippen LogP contribution in [-0.4, -0.2) is 21.2 Å². The molecule has 1 atom stereocenters. The second-order valence-electron chi connectivity index (χ2n) is 4.76. The molecule has 0 spiro atoms. The Morgan fingerprint density at radius 1 is 1.59 bits per heavy atom. The van der Waals surface area contributed by atoms with Crippen LogP contribution in [0.1, 0.15) is 33.0 Å². The van der Waals surface area contributed by atoms with Crippen LogP contribution in [0.5, 0.6) is 0 Å². The van der Waals surface area contributed by atoms with Gasteiger partial charge in [-0.15, -0.1) is 0 Å². The van der Waals surface area contributed by atoms with Gasteiger partial charge in [-0.2, -0.15) is 0 Å². The zero-order valence-electron chi connectivity index (χ0n) is 10.1. The van der Waals surface area contributed by atoms with Gasteiger partial charge in [-0.3, -0.25) is 4.79 Å². The second kappa shape index (κ2) is 6.00. The molecule has 0 aliphatic rings. The normalized spacial score (nSPS) is 13.5. The summed E-state index contributed by atoms with van der Waals surface area (Å²) >= 11 is 6.60. The lowest BCUT2D eigenvalue weighted by atomic mass is 9.93. The number of hydrogen-bond donors (Lipinski definition) is 1. The molecule has 96 valence electrons. The predicted octanol–water partition coefficient (Wildman–Crippen LogP) is 3.46. The Labute approximate surface area is 118 Å². The molecule has 1 N–H and O–H groups in total. The fourth-order valence-corrected chi connectivity index (χ4v) is 2.53. The maximum atomic E-state index is 11.7. The van der Waals surface area contributed by atoms with E-state index in [0.29, 0.717) is 5.82 Å². The number of rotatable bonds is 4. The van der Waals surface area contributed by atoms with Gasteiger partial charge in [0.05, 0.1) is 4.83 Å². The van der Waals surface area contributed by atoms with E-state index in [1.807, 2.05) is 20.8 Å². The predicted molar refractivity (Wildman–Crippen MR) is 75.0 cm³/mol. The standard InChI is InChI=1S/C11H16Br2N2O2/c1-11(2,3)8-6-9(15-17-8)14-10(16)7(13)4-5-12/h6-7H,4-5H2,1-3H3,(H,14,15,16). The third-order valence-electron chi connectivity index (χ3n) is 2.15. The Bertz CT molecular complexity index is 385. The minimum atomic E-state index is -0.225. The summed E-state index contributed by atoms with van der Waals surface area (Å²) < 4.78 is 5.18. The molecule has 0 aliphatic heterocycles. The SMILES string of the molecule is CC(C)(C)c1cc(NC(=O)C(Br)CCBr)no1. The van der Waals surface area contributed by atoms with Crippen LogP contribution < -0.4 is 5.32 Å². The number of amides is 1. The highest BCUT2D eigenvalue weighted by atomic mass is 79.9. The number of carbonyl (C=O) groups is 1. The van der Waals surface area contributed by atoms with Crippen molar-refractivity contribution in [3.63, 3.8) is 0 Å². The van der Waals surface area contributed by atoms with Crippen LogP contribution in [0, 0.1) is 0 Å². The molecule has 6 heteroatoms. The van der Waals surface area contributed by atoms with Gasteiger partial charge in [-0.25, -0.2) is 0 Å². The first-order chi connectivity index (χ1) is 7.84. The van der Waals surface area contributed by atoms with Gasteiger partial charge in [0, 0.05) is 16.8 Å². The molecule has 4 nitrogen and oxygen atoms in total. The van der Waals surface area contributed by atoms with Crippen molar-refractivity contribution in [3.05, 3.63) is 11.8 Å². The van der Waals surface area contributed by atoms with E-state index in [1.54, 1.807) is 6.07 Å². The van der Waals surface area contributed by atoms with Crippen LogP contribution in [0.4, 0.5) is 5.82 Å². The van der Waals surface area contributed by atoms with Gasteiger partial charge in [0.1, 0.15) is 5.76 Å². The summed E-state index contributed by atoms with van der Waals surface area (Å²) in [7, 11) is 0. The van der Waals surface area contributed by atoms with Crippen molar-refractivity contribution in [2.24, 2.45) is 0 Å². The number of anilines is 1. The third-order valence-corrected chi connectivity index (χ3v) is 3.48. The first kappa shape index (κ1) is 14.7. The topological polar surface area (TPSA) is 55.1 Å². The smallest absolute Gasteiger partial charge is 0.239 e. The number of alkyl halides is 2. The monoisotopic (exact) mass is 366 g/mol. The Kier molecular flexibility index (Phi) is 5.19. The van der Waals surface area contributed by atoms with E-state index in [2.05, 4.69) is 42.3 Å². The van der Waals surface area contributed by atoms with Gasteiger partial charge in [0.25, 0.3) is 0 Å². The number of hydrogen-bond acceptors (Lipinski definition) is 3. The van der Waals surface area contributed by atoms with Gasteiger partial charge in [-0.1, -0.05) is 57.8 Å². The third kappa shape index (κ3) is 4.43. The molecular weight excluding hydrogens is 352 g/mol. The summed E-state index contributed by atoms with van der Waals surface area (Å²) in [5.41, 5.74) is -0.111. The van der Waals surface area contributed by atoms with Crippen LogP contribution in [0.2, 0.25) is 0 Å². The average Bonchev–Trinajstić information content (AvgIpc) is 2.66. The highest BCUT2D eigenvalue weighted by molar-refractivity contribution is 9.10. The number of carbonyl (C=O) groups excluding carboxylic acids is 1. The van der Waals surface area contributed by atoms with Gasteiger partial charge < -0.3 is 9.84 Å². The average molecular weight is 368 g/mol. The van der Waals surface area contributed by atoms with Crippen LogP contribution in [0.25, 0.3) is 0 Å². The first-order valence-corrected chi connectivity index (χ1v) is 7.36. The van der Waals surface area contributed by atoms with E-state index in [-0.39, 0.29) is 16.1 Å². The summed E-state index contributed by atoms with van der Waals surface area (Å²) in [5.74, 6) is 1.09. The fourth-order valence-electron chi connectivity index (χ4n) is 1.12. The highest BCUT2D eigenvalue weighted by Crippen LogP contribution is 2.24. The maximum Gasteiger partial charge on any atom is 0.239 e. The zero-order valence-corrected chi connectivity index (χ0v) is 13.3. The van der Waals surface area contributed by atoms with E-state index in [1.165, 1.54) is 0 Å². The lowest BCUT2D eigenvalue weighted by Gasteiger charge is -2.12. The van der Waals surface area contributed by atoms with Gasteiger partial charge in [0.2, 0.25) is 5.91 Å². The number of halogens is 2. The maximum absolute atomic E-state index is 11.7. The number of nitrogens with one attached hydrogen (secondary N) is 1. The molecular formula is C11H16Br2N2O2. The summed E-state index contributed by atoms with van der Waals surface area (Å²) in [6, 6.07) is 1.76. The van der Waals surface area contributed by atoms with E-state index in [9.17, 15) is 4.79 Å². The number of nitrogens with zero attached hydrogens (tertiary/aromatic N) is 1. The van der Waals surface area contributed by atoms with E-state index >= 15 is 0 Å².